The van der Waals surface area contributed by atoms with E-state index in [0.29, 0.717) is 0 Å². The summed E-state index contributed by atoms with van der Waals surface area (Å²) in [5.74, 6) is 0. The van der Waals surface area contributed by atoms with Crippen molar-refractivity contribution in [2.24, 2.45) is 0 Å². The Bertz CT molecular complexity index is 40.5. The van der Waals surface area contributed by atoms with Gasteiger partial charge in [0.05, 0.1) is 0 Å². The molecule has 0 aromatic heterocycles. The second kappa shape index (κ2) is 2.46. The van der Waals surface area contributed by atoms with Crippen molar-refractivity contribution < 1.29 is 4.39 Å². The van der Waals surface area contributed by atoms with Crippen LogP contribution in [0.1, 0.15) is 0 Å². The molecule has 40 valence electrons. The highest BCUT2D eigenvalue weighted by molar-refractivity contribution is 8.78. The van der Waals surface area contributed by atoms with Gasteiger partial charge in [-0.25, -0.2) is 4.39 Å². The van der Waals surface area contributed by atoms with E-state index in [1.807, 2.05) is 0 Å². The molecule has 0 nitrogen and oxygen atoms in total. The average molecular weight is 171 g/mol. The van der Waals surface area contributed by atoms with E-state index in [1.165, 1.54) is 0 Å². The highest BCUT2D eigenvalue weighted by atomic mass is 36.2. The van der Waals surface area contributed by atoms with Crippen molar-refractivity contribution in [1.82, 2.24) is 0 Å². The second-order valence-electron chi connectivity index (χ2n) is 0.611. The van der Waals surface area contributed by atoms with Gasteiger partial charge in [0.25, 0.3) is 0 Å². The quantitative estimate of drug-likeness (QED) is 0.568. The lowest BCUT2D eigenvalue weighted by Crippen LogP contribution is -1.66. The molecular weight excluding hydrogens is 169 g/mol. The summed E-state index contributed by atoms with van der Waals surface area (Å²) in [6.07, 6.45) is 0. The van der Waals surface area contributed by atoms with E-state index < -0.39 is 13.7 Å². The van der Waals surface area contributed by atoms with E-state index in [2.05, 4.69) is 0 Å². The van der Waals surface area contributed by atoms with Gasteiger partial charge >= 0.3 is 0 Å². The van der Waals surface area contributed by atoms with Gasteiger partial charge in [0.1, 0.15) is 0 Å². The van der Waals surface area contributed by atoms with Crippen LogP contribution >= 0.6 is 39.7 Å². The van der Waals surface area contributed by atoms with Gasteiger partial charge in [0.15, 0.2) is 6.01 Å². The fraction of sp³-hybridized carbons (Fsp3) is 1.00. The van der Waals surface area contributed by atoms with Gasteiger partial charge in [-0.1, -0.05) is 0 Å². The van der Waals surface area contributed by atoms with Gasteiger partial charge in [0, 0.05) is 7.67 Å². The molecule has 5 heteroatoms. The van der Waals surface area contributed by atoms with Crippen molar-refractivity contribution >= 4 is 39.7 Å². The van der Waals surface area contributed by atoms with Gasteiger partial charge in [-0.2, -0.15) is 0 Å². The standard InChI is InChI=1S/CH2Cl3FS/c2-6(3,4)1-5/h1H2. The van der Waals surface area contributed by atoms with E-state index in [1.54, 1.807) is 0 Å². The van der Waals surface area contributed by atoms with Crippen LogP contribution in [0.2, 0.25) is 0 Å². The van der Waals surface area contributed by atoms with Gasteiger partial charge in [-0.3, -0.25) is 0 Å². The van der Waals surface area contributed by atoms with Crippen LogP contribution in [0.25, 0.3) is 0 Å². The van der Waals surface area contributed by atoms with Crippen molar-refractivity contribution in [2.45, 2.75) is 0 Å². The highest BCUT2D eigenvalue weighted by Gasteiger charge is 2.10. The third-order valence-electron chi connectivity index (χ3n) is 0.124. The molecule has 0 saturated heterocycles. The Balaban J connectivity index is 3.17. The zero-order valence-corrected chi connectivity index (χ0v) is 5.71. The van der Waals surface area contributed by atoms with Crippen LogP contribution in [0.5, 0.6) is 0 Å². The molecule has 0 saturated carbocycles. The topological polar surface area (TPSA) is 0 Å². The third kappa shape index (κ3) is 5.15. The zero-order valence-electron chi connectivity index (χ0n) is 2.63. The molecule has 0 aliphatic carbocycles. The summed E-state index contributed by atoms with van der Waals surface area (Å²) < 4.78 is 11.1. The first kappa shape index (κ1) is 7.15. The maximum atomic E-state index is 11.1. The van der Waals surface area contributed by atoms with Crippen molar-refractivity contribution in [3.8, 4) is 0 Å². The molecule has 0 heterocycles. The first-order chi connectivity index (χ1) is 2.56. The summed E-state index contributed by atoms with van der Waals surface area (Å²) in [4.78, 5) is 0. The lowest BCUT2D eigenvalue weighted by molar-refractivity contribution is 0.606. The summed E-state index contributed by atoms with van der Waals surface area (Å²) in [6, 6.07) is -0.850. The van der Waals surface area contributed by atoms with Gasteiger partial charge in [-0.05, 0) is 32.0 Å². The van der Waals surface area contributed by atoms with Gasteiger partial charge in [-0.15, -0.1) is 0 Å². The largest absolute Gasteiger partial charge is 0.237 e. The minimum Gasteiger partial charge on any atom is -0.237 e. The first-order valence-corrected chi connectivity index (χ1v) is 5.30. The molecule has 0 fully saturated rings. The smallest absolute Gasteiger partial charge is 0.157 e. The maximum Gasteiger partial charge on any atom is 0.157 e. The predicted molar refractivity (Wildman–Crippen MR) is 31.1 cm³/mol. The number of rotatable bonds is 1. The molecule has 0 aromatic rings. The number of hydrogen-bond donors (Lipinski definition) is 0. The average Bonchev–Trinajstić information content (AvgIpc) is 1.35. The first-order valence-electron chi connectivity index (χ1n) is 1.02. The van der Waals surface area contributed by atoms with E-state index in [-0.39, 0.29) is 0 Å². The Labute approximate surface area is 50.4 Å². The third-order valence-corrected chi connectivity index (χ3v) is 1.11. The summed E-state index contributed by atoms with van der Waals surface area (Å²) in [5.41, 5.74) is 0. The van der Waals surface area contributed by atoms with Gasteiger partial charge < -0.3 is 0 Å². The van der Waals surface area contributed by atoms with Crippen LogP contribution in [0.15, 0.2) is 0 Å². The van der Waals surface area contributed by atoms with E-state index in [0.717, 1.165) is 0 Å². The van der Waals surface area contributed by atoms with Crippen LogP contribution in [-0.4, -0.2) is 6.01 Å². The molecule has 0 aromatic carbocycles. The lowest BCUT2D eigenvalue weighted by Gasteiger charge is -2.06. The predicted octanol–water partition coefficient (Wildman–Crippen LogP) is 3.18. The molecular formula is CH2Cl3FS. The number of hydrogen-bond acceptors (Lipinski definition) is 0. The Morgan fingerprint density at radius 2 is 1.50 bits per heavy atom. The summed E-state index contributed by atoms with van der Waals surface area (Å²) in [6.45, 7) is 0. The molecule has 0 unspecified atom stereocenters. The Morgan fingerprint density at radius 3 is 1.50 bits per heavy atom. The molecule has 0 amide bonds. The zero-order chi connectivity index (χ0) is 5.21. The van der Waals surface area contributed by atoms with Crippen LogP contribution in [0.3, 0.4) is 0 Å². The van der Waals surface area contributed by atoms with Crippen LogP contribution in [-0.2, 0) is 0 Å². The van der Waals surface area contributed by atoms with Crippen LogP contribution < -0.4 is 0 Å². The summed E-state index contributed by atoms with van der Waals surface area (Å²) >= 11 is 0. The van der Waals surface area contributed by atoms with Crippen molar-refractivity contribution in [2.75, 3.05) is 6.01 Å². The minimum atomic E-state index is -2.41. The minimum absolute atomic E-state index is 0.850. The number of halogens is 4. The highest BCUT2D eigenvalue weighted by Crippen LogP contribution is 2.62. The van der Waals surface area contributed by atoms with Gasteiger partial charge in [0.2, 0.25) is 0 Å². The monoisotopic (exact) mass is 170 g/mol. The Morgan fingerprint density at radius 1 is 1.33 bits per heavy atom. The van der Waals surface area contributed by atoms with Crippen LogP contribution in [0, 0.1) is 0 Å². The van der Waals surface area contributed by atoms with E-state index in [9.17, 15) is 4.39 Å². The molecule has 6 heavy (non-hydrogen) atoms. The van der Waals surface area contributed by atoms with E-state index >= 15 is 0 Å². The number of alkyl halides is 1. The molecule has 0 aliphatic rings. The summed E-state index contributed by atoms with van der Waals surface area (Å²) in [5, 5.41) is 0. The Kier molecular flexibility index (Phi) is 2.93. The maximum absolute atomic E-state index is 11.1. The Hall–Kier alpha value is 1.15. The SMILES string of the molecule is FCS(Cl)(Cl)Cl. The van der Waals surface area contributed by atoms with Crippen LogP contribution in [0.4, 0.5) is 4.39 Å². The molecule has 0 atom stereocenters. The van der Waals surface area contributed by atoms with Crippen molar-refractivity contribution in [3.63, 3.8) is 0 Å². The molecule has 0 N–H and O–H groups in total. The van der Waals surface area contributed by atoms with Crippen molar-refractivity contribution in [1.29, 1.82) is 0 Å². The molecule has 0 bridgehead atoms. The lowest BCUT2D eigenvalue weighted by atomic mass is 11.8. The fourth-order valence-corrected chi connectivity index (χ4v) is 0. The molecule has 0 radical (unpaired) electrons. The molecule has 0 rings (SSSR count). The molecule has 0 aliphatic heterocycles. The van der Waals surface area contributed by atoms with Crippen molar-refractivity contribution in [3.05, 3.63) is 0 Å². The fourth-order valence-electron chi connectivity index (χ4n) is 0. The normalized spacial score (nSPS) is 14.7. The summed E-state index contributed by atoms with van der Waals surface area (Å²) in [7, 11) is 12.5. The second-order valence-corrected chi connectivity index (χ2v) is 8.00. The van der Waals surface area contributed by atoms with E-state index in [4.69, 9.17) is 32.0 Å². The molecule has 0 spiro atoms.